The van der Waals surface area contributed by atoms with Crippen LogP contribution >= 0.6 is 0 Å². The van der Waals surface area contributed by atoms with E-state index in [1.807, 2.05) is 4.90 Å². The zero-order valence-corrected chi connectivity index (χ0v) is 13.0. The van der Waals surface area contributed by atoms with Crippen LogP contribution in [0.1, 0.15) is 25.7 Å². The van der Waals surface area contributed by atoms with Crippen LogP contribution in [0.15, 0.2) is 18.2 Å². The van der Waals surface area contributed by atoms with E-state index in [4.69, 9.17) is 0 Å². The molecule has 0 spiro atoms. The largest absolute Gasteiger partial charge is 0.390 e. The minimum atomic E-state index is -0.606. The topological polar surface area (TPSA) is 78.6 Å². The van der Waals surface area contributed by atoms with E-state index in [9.17, 15) is 19.6 Å². The predicted molar refractivity (Wildman–Crippen MR) is 85.0 cm³/mol. The molecule has 0 radical (unpaired) electrons. The van der Waals surface area contributed by atoms with Crippen LogP contribution in [0.2, 0.25) is 0 Å². The molecule has 2 aliphatic heterocycles. The second-order valence-corrected chi connectivity index (χ2v) is 6.51. The lowest BCUT2D eigenvalue weighted by Crippen LogP contribution is -2.50. The molecule has 2 heterocycles. The molecule has 2 fully saturated rings. The van der Waals surface area contributed by atoms with E-state index in [1.165, 1.54) is 12.1 Å². The number of nitrogens with one attached hydrogen (secondary N) is 1. The van der Waals surface area contributed by atoms with Crippen LogP contribution in [0.3, 0.4) is 0 Å². The molecular weight excluding hydrogens is 301 g/mol. The summed E-state index contributed by atoms with van der Waals surface area (Å²) < 4.78 is 14.1. The lowest BCUT2D eigenvalue weighted by atomic mass is 9.75. The van der Waals surface area contributed by atoms with Crippen molar-refractivity contribution in [3.8, 4) is 0 Å². The standard InChI is InChI=1S/C16H22FN3O3/c17-14-11-13(20(22)23)1-2-15(14)19-9-3-12(4-10-19)16(21)5-7-18-8-6-16/h1-2,11-12,18,21H,3-10H2. The molecule has 0 atom stereocenters. The van der Waals surface area contributed by atoms with E-state index in [2.05, 4.69) is 5.32 Å². The van der Waals surface area contributed by atoms with Crippen LogP contribution in [0.5, 0.6) is 0 Å². The van der Waals surface area contributed by atoms with Gasteiger partial charge in [0.25, 0.3) is 5.69 Å². The molecule has 2 aliphatic rings. The van der Waals surface area contributed by atoms with Gasteiger partial charge in [0.05, 0.1) is 22.3 Å². The van der Waals surface area contributed by atoms with Gasteiger partial charge in [-0.25, -0.2) is 4.39 Å². The Bertz CT molecular complexity index is 582. The van der Waals surface area contributed by atoms with Crippen molar-refractivity contribution < 1.29 is 14.4 Å². The monoisotopic (exact) mass is 323 g/mol. The van der Waals surface area contributed by atoms with Crippen molar-refractivity contribution in [1.29, 1.82) is 0 Å². The minimum absolute atomic E-state index is 0.231. The van der Waals surface area contributed by atoms with Gasteiger partial charge in [-0.15, -0.1) is 0 Å². The average molecular weight is 323 g/mol. The maximum atomic E-state index is 14.1. The molecule has 2 saturated heterocycles. The smallest absolute Gasteiger partial charge is 0.272 e. The SMILES string of the molecule is O=[N+]([O-])c1ccc(N2CCC(C3(O)CCNCC3)CC2)c(F)c1. The van der Waals surface area contributed by atoms with E-state index in [1.54, 1.807) is 0 Å². The van der Waals surface area contributed by atoms with Gasteiger partial charge in [-0.1, -0.05) is 0 Å². The number of nitrogens with zero attached hydrogens (tertiary/aromatic N) is 2. The number of non-ortho nitro benzene ring substituents is 1. The number of hydrogen-bond acceptors (Lipinski definition) is 5. The molecule has 0 unspecified atom stereocenters. The zero-order valence-electron chi connectivity index (χ0n) is 13.0. The number of piperidine rings is 2. The summed E-state index contributed by atoms with van der Waals surface area (Å²) in [7, 11) is 0. The molecule has 126 valence electrons. The highest BCUT2D eigenvalue weighted by atomic mass is 19.1. The highest BCUT2D eigenvalue weighted by molar-refractivity contribution is 5.52. The van der Waals surface area contributed by atoms with Crippen molar-refractivity contribution in [3.63, 3.8) is 0 Å². The first kappa shape index (κ1) is 16.1. The first-order valence-corrected chi connectivity index (χ1v) is 8.11. The van der Waals surface area contributed by atoms with Gasteiger partial charge < -0.3 is 15.3 Å². The molecule has 3 rings (SSSR count). The Labute approximate surface area is 134 Å². The Morgan fingerprint density at radius 2 is 1.96 bits per heavy atom. The Kier molecular flexibility index (Phi) is 4.50. The highest BCUT2D eigenvalue weighted by Gasteiger charge is 2.39. The third kappa shape index (κ3) is 3.30. The number of anilines is 1. The third-order valence-corrected chi connectivity index (χ3v) is 5.21. The van der Waals surface area contributed by atoms with Crippen LogP contribution in [0.4, 0.5) is 15.8 Å². The molecule has 1 aromatic carbocycles. The number of hydrogen-bond donors (Lipinski definition) is 2. The van der Waals surface area contributed by atoms with E-state index < -0.39 is 16.3 Å². The molecule has 0 amide bonds. The van der Waals surface area contributed by atoms with Gasteiger partial charge in [-0.2, -0.15) is 0 Å². The molecule has 0 aliphatic carbocycles. The van der Waals surface area contributed by atoms with E-state index >= 15 is 0 Å². The molecular formula is C16H22FN3O3. The van der Waals surface area contributed by atoms with Gasteiger partial charge in [-0.05, 0) is 50.8 Å². The second-order valence-electron chi connectivity index (χ2n) is 6.51. The van der Waals surface area contributed by atoms with Crippen LogP contribution in [-0.4, -0.2) is 41.8 Å². The van der Waals surface area contributed by atoms with E-state index in [0.717, 1.165) is 44.8 Å². The Balaban J connectivity index is 1.66. The third-order valence-electron chi connectivity index (χ3n) is 5.21. The second kappa shape index (κ2) is 6.41. The van der Waals surface area contributed by atoms with Crippen LogP contribution < -0.4 is 10.2 Å². The average Bonchev–Trinajstić information content (AvgIpc) is 2.55. The van der Waals surface area contributed by atoms with Crippen molar-refractivity contribution in [2.45, 2.75) is 31.3 Å². The van der Waals surface area contributed by atoms with Crippen molar-refractivity contribution in [1.82, 2.24) is 5.32 Å². The number of nitro groups is 1. The lowest BCUT2D eigenvalue weighted by molar-refractivity contribution is -0.385. The van der Waals surface area contributed by atoms with Crippen molar-refractivity contribution in [2.24, 2.45) is 5.92 Å². The number of benzene rings is 1. The number of rotatable bonds is 3. The number of aliphatic hydroxyl groups is 1. The first-order valence-electron chi connectivity index (χ1n) is 8.11. The molecule has 23 heavy (non-hydrogen) atoms. The van der Waals surface area contributed by atoms with Gasteiger partial charge in [0.1, 0.15) is 0 Å². The summed E-state index contributed by atoms with van der Waals surface area (Å²) in [4.78, 5) is 12.0. The molecule has 0 bridgehead atoms. The number of nitro benzene ring substituents is 1. The summed E-state index contributed by atoms with van der Waals surface area (Å²) in [6.07, 6.45) is 3.16. The fourth-order valence-electron chi connectivity index (χ4n) is 3.79. The molecule has 2 N–H and O–H groups in total. The quantitative estimate of drug-likeness (QED) is 0.657. The Morgan fingerprint density at radius 1 is 1.30 bits per heavy atom. The summed E-state index contributed by atoms with van der Waals surface area (Å²) in [6, 6.07) is 3.79. The summed E-state index contributed by atoms with van der Waals surface area (Å²) in [5.74, 6) is -0.319. The normalized spacial score (nSPS) is 22.1. The number of halogens is 1. The lowest BCUT2D eigenvalue weighted by Gasteiger charge is -2.44. The van der Waals surface area contributed by atoms with Gasteiger partial charge >= 0.3 is 0 Å². The Hall–Kier alpha value is -1.73. The molecule has 6 nitrogen and oxygen atoms in total. The van der Waals surface area contributed by atoms with Crippen molar-refractivity contribution in [2.75, 3.05) is 31.1 Å². The van der Waals surface area contributed by atoms with Crippen molar-refractivity contribution in [3.05, 3.63) is 34.1 Å². The maximum absolute atomic E-state index is 14.1. The van der Waals surface area contributed by atoms with Gasteiger partial charge in [-0.3, -0.25) is 10.1 Å². The fourth-order valence-corrected chi connectivity index (χ4v) is 3.79. The summed E-state index contributed by atoms with van der Waals surface area (Å²) in [6.45, 7) is 3.01. The molecule has 1 aromatic rings. The summed E-state index contributed by atoms with van der Waals surface area (Å²) in [5.41, 5.74) is -0.428. The minimum Gasteiger partial charge on any atom is -0.390 e. The predicted octanol–water partition coefficient (Wildman–Crippen LogP) is 2.06. The van der Waals surface area contributed by atoms with Crippen molar-refractivity contribution >= 4 is 11.4 Å². The maximum Gasteiger partial charge on any atom is 0.272 e. The van der Waals surface area contributed by atoms with Gasteiger partial charge in [0, 0.05) is 19.2 Å². The molecule has 0 aromatic heterocycles. The fraction of sp³-hybridized carbons (Fsp3) is 0.625. The first-order chi connectivity index (χ1) is 11.0. The molecule has 0 saturated carbocycles. The Morgan fingerprint density at radius 3 is 2.52 bits per heavy atom. The van der Waals surface area contributed by atoms with Crippen LogP contribution in [-0.2, 0) is 0 Å². The summed E-state index contributed by atoms with van der Waals surface area (Å²) in [5, 5.41) is 24.7. The van der Waals surface area contributed by atoms with Gasteiger partial charge in [0.2, 0.25) is 0 Å². The van der Waals surface area contributed by atoms with E-state index in [0.29, 0.717) is 18.8 Å². The van der Waals surface area contributed by atoms with Crippen LogP contribution in [0.25, 0.3) is 0 Å². The van der Waals surface area contributed by atoms with E-state index in [-0.39, 0.29) is 11.6 Å². The summed E-state index contributed by atoms with van der Waals surface area (Å²) >= 11 is 0. The zero-order chi connectivity index (χ0) is 16.4. The van der Waals surface area contributed by atoms with Crippen LogP contribution in [0, 0.1) is 21.8 Å². The molecule has 7 heteroatoms. The van der Waals surface area contributed by atoms with Gasteiger partial charge in [0.15, 0.2) is 5.82 Å². The highest BCUT2D eigenvalue weighted by Crippen LogP contribution is 2.36.